The monoisotopic (exact) mass is 416 g/mol. The lowest BCUT2D eigenvalue weighted by Crippen LogP contribution is -2.08. The molecule has 0 bridgehead atoms. The fraction of sp³-hybridized carbons (Fsp3) is 0.316. The SMILES string of the molecule is COc1ccc(-c2c3sc(=O)[nH]c3nc3c2c(=O)[nH]n3C(C)C)c(OC)c1OC. The van der Waals surface area contributed by atoms with Gasteiger partial charge in [-0.05, 0) is 26.0 Å². The minimum Gasteiger partial charge on any atom is -0.493 e. The average molecular weight is 416 g/mol. The van der Waals surface area contributed by atoms with E-state index in [-0.39, 0.29) is 16.5 Å². The van der Waals surface area contributed by atoms with Gasteiger partial charge in [-0.1, -0.05) is 11.3 Å². The highest BCUT2D eigenvalue weighted by Crippen LogP contribution is 2.47. The van der Waals surface area contributed by atoms with E-state index in [2.05, 4.69) is 15.1 Å². The summed E-state index contributed by atoms with van der Waals surface area (Å²) < 4.78 is 18.8. The molecule has 0 atom stereocenters. The number of methoxy groups -OCH3 is 3. The highest BCUT2D eigenvalue weighted by atomic mass is 32.1. The van der Waals surface area contributed by atoms with Gasteiger partial charge in [-0.3, -0.25) is 24.4 Å². The molecule has 0 unspecified atom stereocenters. The van der Waals surface area contributed by atoms with E-state index in [1.807, 2.05) is 13.8 Å². The van der Waals surface area contributed by atoms with Gasteiger partial charge in [-0.25, -0.2) is 4.98 Å². The molecule has 0 saturated heterocycles. The number of rotatable bonds is 5. The van der Waals surface area contributed by atoms with Crippen LogP contribution in [0.3, 0.4) is 0 Å². The molecule has 0 spiro atoms. The third-order valence-electron chi connectivity index (χ3n) is 4.72. The Balaban J connectivity index is 2.24. The van der Waals surface area contributed by atoms with Gasteiger partial charge in [-0.15, -0.1) is 0 Å². The zero-order valence-corrected chi connectivity index (χ0v) is 17.4. The highest BCUT2D eigenvalue weighted by Gasteiger charge is 2.25. The van der Waals surface area contributed by atoms with Crippen molar-refractivity contribution < 1.29 is 14.2 Å². The molecule has 0 aliphatic carbocycles. The van der Waals surface area contributed by atoms with Crippen molar-refractivity contribution in [3.63, 3.8) is 0 Å². The number of nitrogens with zero attached hydrogens (tertiary/aromatic N) is 2. The molecule has 0 saturated carbocycles. The number of fused-ring (bicyclic) bond motifs is 2. The van der Waals surface area contributed by atoms with Crippen LogP contribution in [-0.4, -0.2) is 41.1 Å². The smallest absolute Gasteiger partial charge is 0.306 e. The molecular formula is C19H20N4O5S. The van der Waals surface area contributed by atoms with Crippen molar-refractivity contribution in [2.75, 3.05) is 21.3 Å². The molecule has 0 radical (unpaired) electrons. The van der Waals surface area contributed by atoms with Crippen LogP contribution < -0.4 is 24.6 Å². The number of pyridine rings is 1. The Morgan fingerprint density at radius 1 is 1.07 bits per heavy atom. The second kappa shape index (κ2) is 6.96. The molecule has 3 heterocycles. The summed E-state index contributed by atoms with van der Waals surface area (Å²) in [5, 5.41) is 3.23. The summed E-state index contributed by atoms with van der Waals surface area (Å²) in [5.74, 6) is 1.29. The van der Waals surface area contributed by atoms with Crippen molar-refractivity contribution in [2.45, 2.75) is 19.9 Å². The zero-order valence-electron chi connectivity index (χ0n) is 16.6. The summed E-state index contributed by atoms with van der Waals surface area (Å²) in [4.78, 5) is 32.1. The molecule has 4 rings (SSSR count). The molecule has 0 fully saturated rings. The highest BCUT2D eigenvalue weighted by molar-refractivity contribution is 7.17. The lowest BCUT2D eigenvalue weighted by atomic mass is 10.0. The molecule has 2 N–H and O–H groups in total. The van der Waals surface area contributed by atoms with Crippen molar-refractivity contribution in [3.05, 3.63) is 32.2 Å². The quantitative estimate of drug-likeness (QED) is 0.517. The van der Waals surface area contributed by atoms with E-state index in [1.54, 1.807) is 16.8 Å². The van der Waals surface area contributed by atoms with Gasteiger partial charge in [0.2, 0.25) is 5.75 Å². The third kappa shape index (κ3) is 2.79. The predicted molar refractivity (Wildman–Crippen MR) is 112 cm³/mol. The number of nitrogens with one attached hydrogen (secondary N) is 2. The van der Waals surface area contributed by atoms with Gasteiger partial charge in [0.1, 0.15) is 0 Å². The number of H-pyrrole nitrogens is 2. The van der Waals surface area contributed by atoms with E-state index in [0.717, 1.165) is 11.3 Å². The minimum atomic E-state index is -0.296. The second-order valence-corrected chi connectivity index (χ2v) is 7.65. The number of thiazole rings is 1. The number of benzene rings is 1. The van der Waals surface area contributed by atoms with E-state index >= 15 is 0 Å². The minimum absolute atomic E-state index is 0.0318. The van der Waals surface area contributed by atoms with Crippen molar-refractivity contribution >= 4 is 32.7 Å². The number of hydrogen-bond acceptors (Lipinski definition) is 7. The van der Waals surface area contributed by atoms with E-state index in [0.29, 0.717) is 49.8 Å². The van der Waals surface area contributed by atoms with Crippen LogP contribution in [0.5, 0.6) is 17.2 Å². The van der Waals surface area contributed by atoms with Gasteiger partial charge >= 0.3 is 4.87 Å². The van der Waals surface area contributed by atoms with Crippen LogP contribution in [0.1, 0.15) is 19.9 Å². The fourth-order valence-corrected chi connectivity index (χ4v) is 4.33. The molecule has 3 aromatic heterocycles. The first-order valence-corrected chi connectivity index (χ1v) is 9.69. The number of ether oxygens (including phenoxy) is 3. The van der Waals surface area contributed by atoms with E-state index in [1.165, 1.54) is 21.3 Å². The Labute approximate surface area is 168 Å². The fourth-order valence-electron chi connectivity index (χ4n) is 3.49. The summed E-state index contributed by atoms with van der Waals surface area (Å²) in [7, 11) is 4.56. The summed E-state index contributed by atoms with van der Waals surface area (Å²) in [6, 6.07) is 3.48. The third-order valence-corrected chi connectivity index (χ3v) is 5.60. The lowest BCUT2D eigenvalue weighted by molar-refractivity contribution is 0.325. The number of hydrogen-bond donors (Lipinski definition) is 2. The maximum atomic E-state index is 12.9. The van der Waals surface area contributed by atoms with Gasteiger partial charge in [0.05, 0.1) is 31.4 Å². The maximum absolute atomic E-state index is 12.9. The Morgan fingerprint density at radius 2 is 1.79 bits per heavy atom. The normalized spacial score (nSPS) is 11.5. The van der Waals surface area contributed by atoms with Gasteiger partial charge in [-0.2, -0.15) is 0 Å². The van der Waals surface area contributed by atoms with E-state index < -0.39 is 0 Å². The molecule has 9 nitrogen and oxygen atoms in total. The summed E-state index contributed by atoms with van der Waals surface area (Å²) in [6.07, 6.45) is 0. The first-order valence-electron chi connectivity index (χ1n) is 8.87. The summed E-state index contributed by atoms with van der Waals surface area (Å²) >= 11 is 0.994. The van der Waals surface area contributed by atoms with E-state index in [9.17, 15) is 9.59 Å². The number of aromatic amines is 2. The first kappa shape index (κ1) is 19.1. The average Bonchev–Trinajstić information content (AvgIpc) is 3.24. The second-order valence-electron chi connectivity index (χ2n) is 6.66. The van der Waals surface area contributed by atoms with Crippen molar-refractivity contribution in [3.8, 4) is 28.4 Å². The van der Waals surface area contributed by atoms with Crippen LogP contribution in [0, 0.1) is 0 Å². The van der Waals surface area contributed by atoms with Gasteiger partial charge < -0.3 is 14.2 Å². The van der Waals surface area contributed by atoms with Crippen molar-refractivity contribution in [1.29, 1.82) is 0 Å². The molecule has 0 aliphatic heterocycles. The van der Waals surface area contributed by atoms with E-state index in [4.69, 9.17) is 14.2 Å². The molecule has 0 aliphatic rings. The van der Waals surface area contributed by atoms with Crippen LogP contribution in [0.25, 0.3) is 32.5 Å². The first-order chi connectivity index (χ1) is 13.9. The Morgan fingerprint density at radius 3 is 2.41 bits per heavy atom. The topological polar surface area (TPSA) is 111 Å². The molecule has 4 aromatic rings. The van der Waals surface area contributed by atoms with Crippen LogP contribution in [-0.2, 0) is 0 Å². The molecule has 152 valence electrons. The lowest BCUT2D eigenvalue weighted by Gasteiger charge is -2.16. The molecule has 10 heteroatoms. The van der Waals surface area contributed by atoms with Crippen LogP contribution in [0.4, 0.5) is 0 Å². The summed E-state index contributed by atoms with van der Waals surface area (Å²) in [5.41, 5.74) is 1.73. The standard InChI is InChI=1S/C19H20N4O5S/c1-8(2)23-17-12(18(24)22-23)11(15-16(20-17)21-19(25)29-15)9-6-7-10(26-3)14(28-5)13(9)27-4/h6-8H,1-5H3,(H,22,24)(H,20,21,25). The molecule has 1 aromatic carbocycles. The van der Waals surface area contributed by atoms with Gasteiger partial charge in [0.15, 0.2) is 22.8 Å². The molecular weight excluding hydrogens is 396 g/mol. The number of aromatic nitrogens is 4. The van der Waals surface area contributed by atoms with Gasteiger partial charge in [0, 0.05) is 17.2 Å². The Bertz CT molecular complexity index is 1340. The van der Waals surface area contributed by atoms with Crippen LogP contribution >= 0.6 is 11.3 Å². The van der Waals surface area contributed by atoms with Crippen LogP contribution in [0.15, 0.2) is 21.7 Å². The maximum Gasteiger partial charge on any atom is 0.306 e. The predicted octanol–water partition coefficient (Wildman–Crippen LogP) is 2.90. The van der Waals surface area contributed by atoms with Crippen molar-refractivity contribution in [1.82, 2.24) is 19.7 Å². The zero-order chi connectivity index (χ0) is 20.9. The largest absolute Gasteiger partial charge is 0.493 e. The summed E-state index contributed by atoms with van der Waals surface area (Å²) in [6.45, 7) is 3.88. The van der Waals surface area contributed by atoms with Crippen molar-refractivity contribution in [2.24, 2.45) is 0 Å². The van der Waals surface area contributed by atoms with Crippen LogP contribution in [0.2, 0.25) is 0 Å². The molecule has 0 amide bonds. The van der Waals surface area contributed by atoms with Gasteiger partial charge in [0.25, 0.3) is 5.56 Å². The molecule has 29 heavy (non-hydrogen) atoms. The Hall–Kier alpha value is -3.27. The Kier molecular flexibility index (Phi) is 4.58.